The molecule has 1 unspecified atom stereocenters. The molecule has 20 heavy (non-hydrogen) atoms. The maximum Gasteiger partial charge on any atom is 0.154 e. The van der Waals surface area contributed by atoms with Gasteiger partial charge in [-0.05, 0) is 12.8 Å². The summed E-state index contributed by atoms with van der Waals surface area (Å²) < 4.78 is 10.3. The maximum atomic E-state index is 9.58. The molecule has 2 N–H and O–H groups in total. The van der Waals surface area contributed by atoms with Crippen molar-refractivity contribution in [2.45, 2.75) is 77.4 Å². The fourth-order valence-electron chi connectivity index (χ4n) is 2.12. The summed E-state index contributed by atoms with van der Waals surface area (Å²) in [6.45, 7) is 3.42. The van der Waals surface area contributed by atoms with E-state index < -0.39 is 6.29 Å². The lowest BCUT2D eigenvalue weighted by molar-refractivity contribution is -0.117. The Labute approximate surface area is 124 Å². The Bertz CT molecular complexity index is 176. The van der Waals surface area contributed by atoms with E-state index in [-0.39, 0.29) is 6.61 Å². The van der Waals surface area contributed by atoms with Gasteiger partial charge in [-0.2, -0.15) is 0 Å². The summed E-state index contributed by atoms with van der Waals surface area (Å²) >= 11 is 0. The Kier molecular flexibility index (Phi) is 16.8. The fraction of sp³-hybridized carbons (Fsp3) is 1.00. The van der Waals surface area contributed by atoms with Crippen LogP contribution in [-0.4, -0.2) is 42.9 Å². The molecule has 0 saturated carbocycles. The highest BCUT2D eigenvalue weighted by atomic mass is 16.6. The van der Waals surface area contributed by atoms with Gasteiger partial charge in [0, 0.05) is 0 Å². The quantitative estimate of drug-likeness (QED) is 0.338. The average molecular weight is 290 g/mol. The number of aliphatic hydroxyl groups is 2. The molecule has 4 heteroatoms. The molecule has 0 aromatic carbocycles. The van der Waals surface area contributed by atoms with Gasteiger partial charge in [-0.1, -0.05) is 58.3 Å². The van der Waals surface area contributed by atoms with Crippen molar-refractivity contribution in [2.75, 3.05) is 26.4 Å². The van der Waals surface area contributed by atoms with Gasteiger partial charge in [0.2, 0.25) is 0 Å². The summed E-state index contributed by atoms with van der Waals surface area (Å²) in [5.74, 6) is 0. The van der Waals surface area contributed by atoms with E-state index in [0.29, 0.717) is 26.2 Å². The van der Waals surface area contributed by atoms with Crippen molar-refractivity contribution >= 4 is 0 Å². The van der Waals surface area contributed by atoms with Crippen LogP contribution in [-0.2, 0) is 9.47 Å². The van der Waals surface area contributed by atoms with Crippen LogP contribution in [0.5, 0.6) is 0 Å². The topological polar surface area (TPSA) is 58.9 Å². The lowest BCUT2D eigenvalue weighted by atomic mass is 10.1. The zero-order valence-electron chi connectivity index (χ0n) is 13.2. The molecule has 122 valence electrons. The van der Waals surface area contributed by atoms with Crippen molar-refractivity contribution in [3.8, 4) is 0 Å². The van der Waals surface area contributed by atoms with Crippen LogP contribution in [0.4, 0.5) is 0 Å². The molecule has 0 aliphatic carbocycles. The van der Waals surface area contributed by atoms with Gasteiger partial charge in [-0.3, -0.25) is 0 Å². The third-order valence-electron chi connectivity index (χ3n) is 3.33. The molecule has 0 aromatic heterocycles. The Morgan fingerprint density at radius 3 is 2.00 bits per heavy atom. The highest BCUT2D eigenvalue weighted by Gasteiger charge is 2.03. The molecule has 0 aromatic rings. The van der Waals surface area contributed by atoms with Crippen molar-refractivity contribution < 1.29 is 19.7 Å². The Hall–Kier alpha value is -0.160. The maximum absolute atomic E-state index is 9.58. The summed E-state index contributed by atoms with van der Waals surface area (Å²) in [5, 5.41) is 18.1. The van der Waals surface area contributed by atoms with E-state index in [1.165, 1.54) is 51.4 Å². The van der Waals surface area contributed by atoms with Crippen molar-refractivity contribution in [3.63, 3.8) is 0 Å². The molecule has 0 aliphatic heterocycles. The number of hydrogen-bond donors (Lipinski definition) is 2. The monoisotopic (exact) mass is 290 g/mol. The van der Waals surface area contributed by atoms with E-state index >= 15 is 0 Å². The van der Waals surface area contributed by atoms with E-state index in [1.54, 1.807) is 0 Å². The molecule has 0 bridgehead atoms. The second kappa shape index (κ2) is 16.9. The number of unbranched alkanes of at least 4 members (excludes halogenated alkanes) is 8. The Morgan fingerprint density at radius 2 is 1.40 bits per heavy atom. The molecule has 0 spiro atoms. The average Bonchev–Trinajstić information content (AvgIpc) is 2.45. The summed E-state index contributed by atoms with van der Waals surface area (Å²) in [6.07, 6.45) is 11.6. The number of aliphatic hydroxyl groups excluding tert-OH is 2. The second-order valence-electron chi connectivity index (χ2n) is 5.28. The largest absolute Gasteiger partial charge is 0.394 e. The minimum absolute atomic E-state index is 0.0288. The summed E-state index contributed by atoms with van der Waals surface area (Å²) in [6, 6.07) is 0. The zero-order chi connectivity index (χ0) is 14.9. The minimum Gasteiger partial charge on any atom is -0.394 e. The first-order valence-electron chi connectivity index (χ1n) is 8.29. The summed E-state index contributed by atoms with van der Waals surface area (Å²) in [7, 11) is 0. The van der Waals surface area contributed by atoms with Crippen LogP contribution in [0, 0.1) is 0 Å². The van der Waals surface area contributed by atoms with Gasteiger partial charge in [0.05, 0.1) is 26.4 Å². The summed E-state index contributed by atoms with van der Waals surface area (Å²) in [4.78, 5) is 0. The lowest BCUT2D eigenvalue weighted by Gasteiger charge is -2.11. The normalized spacial score (nSPS) is 12.8. The van der Waals surface area contributed by atoms with Crippen LogP contribution in [0.3, 0.4) is 0 Å². The molecule has 0 fully saturated rings. The molecule has 0 amide bonds. The minimum atomic E-state index is -0.669. The van der Waals surface area contributed by atoms with Crippen molar-refractivity contribution in [2.24, 2.45) is 0 Å². The predicted octanol–water partition coefficient (Wildman–Crippen LogP) is 3.25. The van der Waals surface area contributed by atoms with Crippen LogP contribution in [0.1, 0.15) is 71.1 Å². The first-order valence-corrected chi connectivity index (χ1v) is 8.29. The molecule has 0 saturated heterocycles. The zero-order valence-corrected chi connectivity index (χ0v) is 13.2. The smallest absolute Gasteiger partial charge is 0.154 e. The number of hydrogen-bond acceptors (Lipinski definition) is 4. The second-order valence-corrected chi connectivity index (χ2v) is 5.28. The molecular weight excluding hydrogens is 256 g/mol. The molecule has 0 heterocycles. The molecule has 1 atom stereocenters. The van der Waals surface area contributed by atoms with Gasteiger partial charge in [0.15, 0.2) is 6.29 Å². The van der Waals surface area contributed by atoms with Crippen LogP contribution in [0.15, 0.2) is 0 Å². The number of rotatable bonds is 16. The first-order chi connectivity index (χ1) is 9.81. The third kappa shape index (κ3) is 15.9. The molecule has 0 rings (SSSR count). The van der Waals surface area contributed by atoms with Crippen molar-refractivity contribution in [3.05, 3.63) is 0 Å². The Balaban J connectivity index is 3.09. The van der Waals surface area contributed by atoms with E-state index in [4.69, 9.17) is 14.6 Å². The summed E-state index contributed by atoms with van der Waals surface area (Å²) in [5.41, 5.74) is 0. The van der Waals surface area contributed by atoms with Crippen molar-refractivity contribution in [1.29, 1.82) is 0 Å². The highest BCUT2D eigenvalue weighted by Crippen LogP contribution is 2.11. The number of ether oxygens (including phenoxy) is 2. The fourth-order valence-corrected chi connectivity index (χ4v) is 2.12. The van der Waals surface area contributed by atoms with Gasteiger partial charge >= 0.3 is 0 Å². The van der Waals surface area contributed by atoms with E-state index in [1.807, 2.05) is 0 Å². The van der Waals surface area contributed by atoms with Gasteiger partial charge < -0.3 is 19.7 Å². The van der Waals surface area contributed by atoms with Gasteiger partial charge in [-0.25, -0.2) is 0 Å². The molecule has 0 radical (unpaired) electrons. The Morgan fingerprint density at radius 1 is 0.800 bits per heavy atom. The highest BCUT2D eigenvalue weighted by molar-refractivity contribution is 4.49. The van der Waals surface area contributed by atoms with Crippen molar-refractivity contribution in [1.82, 2.24) is 0 Å². The van der Waals surface area contributed by atoms with Crippen LogP contribution < -0.4 is 0 Å². The van der Waals surface area contributed by atoms with Crippen LogP contribution >= 0.6 is 0 Å². The SMILES string of the molecule is CCCCCCCCCCCC(O)OCCOCCO. The third-order valence-corrected chi connectivity index (χ3v) is 3.33. The van der Waals surface area contributed by atoms with Gasteiger partial charge in [-0.15, -0.1) is 0 Å². The van der Waals surface area contributed by atoms with Gasteiger partial charge in [0.25, 0.3) is 0 Å². The standard InChI is InChI=1S/C16H34O4/c1-2-3-4-5-6-7-8-9-10-11-16(18)20-15-14-19-13-12-17/h16-18H,2-15H2,1H3. The van der Waals surface area contributed by atoms with Gasteiger partial charge in [0.1, 0.15) is 0 Å². The molecule has 4 nitrogen and oxygen atoms in total. The van der Waals surface area contributed by atoms with E-state index in [2.05, 4.69) is 6.92 Å². The van der Waals surface area contributed by atoms with E-state index in [9.17, 15) is 5.11 Å². The first kappa shape index (κ1) is 19.8. The molecular formula is C16H34O4. The van der Waals surface area contributed by atoms with Crippen LogP contribution in [0.2, 0.25) is 0 Å². The lowest BCUT2D eigenvalue weighted by Crippen LogP contribution is -2.16. The predicted molar refractivity (Wildman–Crippen MR) is 81.7 cm³/mol. The van der Waals surface area contributed by atoms with E-state index in [0.717, 1.165) is 6.42 Å². The molecule has 0 aliphatic rings. The van der Waals surface area contributed by atoms with Crippen LogP contribution in [0.25, 0.3) is 0 Å².